The van der Waals surface area contributed by atoms with Gasteiger partial charge in [0.1, 0.15) is 17.3 Å². The minimum atomic E-state index is 0.157. The fraction of sp³-hybridized carbons (Fsp3) is 0.267. The minimum Gasteiger partial charge on any atom is -0.363 e. The van der Waals surface area contributed by atoms with E-state index in [0.717, 1.165) is 19.3 Å². The minimum absolute atomic E-state index is 0.157. The van der Waals surface area contributed by atoms with Gasteiger partial charge in [0.25, 0.3) is 0 Å². The lowest BCUT2D eigenvalue weighted by Crippen LogP contribution is -2.19. The van der Waals surface area contributed by atoms with E-state index in [1.807, 2.05) is 6.07 Å². The fourth-order valence-electron chi connectivity index (χ4n) is 2.66. The Hall–Kier alpha value is -1.94. The molecule has 0 aliphatic heterocycles. The summed E-state index contributed by atoms with van der Waals surface area (Å²) in [5, 5.41) is 3.51. The average Bonchev–Trinajstić information content (AvgIpc) is 2.48. The number of nitrogens with one attached hydrogen (secondary N) is 1. The maximum Gasteiger partial charge on any atom is 0.156 e. The number of hydrogen-bond acceptors (Lipinski definition) is 4. The second kappa shape index (κ2) is 5.59. The van der Waals surface area contributed by atoms with E-state index in [4.69, 9.17) is 11.6 Å². The molecule has 1 N–H and O–H groups in total. The van der Waals surface area contributed by atoms with Gasteiger partial charge >= 0.3 is 0 Å². The molecule has 0 spiro atoms. The number of aldehydes is 1. The van der Waals surface area contributed by atoms with Gasteiger partial charge in [-0.25, -0.2) is 9.97 Å². The lowest BCUT2D eigenvalue weighted by molar-refractivity contribution is 0.112. The molecule has 1 aromatic heterocycles. The first-order valence-corrected chi connectivity index (χ1v) is 6.97. The SMILES string of the molecule is O=Cc1c(Cl)ncnc1NC1CCCc2ccccc21. The van der Waals surface area contributed by atoms with Crippen LogP contribution < -0.4 is 5.32 Å². The molecule has 102 valence electrons. The van der Waals surface area contributed by atoms with Crippen LogP contribution in [-0.2, 0) is 6.42 Å². The summed E-state index contributed by atoms with van der Waals surface area (Å²) in [6, 6.07) is 8.52. The van der Waals surface area contributed by atoms with Crippen LogP contribution in [0.25, 0.3) is 0 Å². The highest BCUT2D eigenvalue weighted by Gasteiger charge is 2.21. The van der Waals surface area contributed by atoms with Crippen LogP contribution in [0, 0.1) is 0 Å². The number of nitrogens with zero attached hydrogens (tertiary/aromatic N) is 2. The zero-order valence-corrected chi connectivity index (χ0v) is 11.6. The summed E-state index contributed by atoms with van der Waals surface area (Å²) >= 11 is 5.93. The number of hydrogen-bond donors (Lipinski definition) is 1. The predicted molar refractivity (Wildman–Crippen MR) is 78.2 cm³/mol. The Morgan fingerprint density at radius 2 is 2.15 bits per heavy atom. The van der Waals surface area contributed by atoms with Crippen molar-refractivity contribution in [2.45, 2.75) is 25.3 Å². The van der Waals surface area contributed by atoms with E-state index in [9.17, 15) is 4.79 Å². The van der Waals surface area contributed by atoms with Crippen molar-refractivity contribution >= 4 is 23.7 Å². The summed E-state index contributed by atoms with van der Waals surface area (Å²) in [5.41, 5.74) is 2.94. The maximum atomic E-state index is 11.1. The molecule has 1 aliphatic rings. The van der Waals surface area contributed by atoms with E-state index in [-0.39, 0.29) is 11.2 Å². The molecule has 0 amide bonds. The molecule has 0 saturated heterocycles. The molecule has 1 aliphatic carbocycles. The average molecular weight is 288 g/mol. The van der Waals surface area contributed by atoms with Crippen LogP contribution in [0.3, 0.4) is 0 Å². The molecule has 0 radical (unpaired) electrons. The van der Waals surface area contributed by atoms with Crippen LogP contribution in [0.2, 0.25) is 5.15 Å². The lowest BCUT2D eigenvalue weighted by Gasteiger charge is -2.27. The molecule has 1 atom stereocenters. The van der Waals surface area contributed by atoms with Gasteiger partial charge in [-0.1, -0.05) is 35.9 Å². The maximum absolute atomic E-state index is 11.1. The van der Waals surface area contributed by atoms with Crippen LogP contribution in [0.1, 0.15) is 40.4 Å². The van der Waals surface area contributed by atoms with E-state index in [1.54, 1.807) is 0 Å². The number of benzene rings is 1. The van der Waals surface area contributed by atoms with Gasteiger partial charge in [0.05, 0.1) is 11.6 Å². The van der Waals surface area contributed by atoms with Gasteiger partial charge in [0, 0.05) is 0 Å². The number of carbonyl (C=O) groups is 1. The number of aromatic nitrogens is 2. The standard InChI is InChI=1S/C15H14ClN3O/c16-14-12(8-20)15(18-9-17-14)19-13-7-3-5-10-4-1-2-6-11(10)13/h1-2,4,6,8-9,13H,3,5,7H2,(H,17,18,19). The van der Waals surface area contributed by atoms with Crippen molar-refractivity contribution in [3.8, 4) is 0 Å². The van der Waals surface area contributed by atoms with Gasteiger partial charge < -0.3 is 5.32 Å². The van der Waals surface area contributed by atoms with Gasteiger partial charge in [-0.2, -0.15) is 0 Å². The molecule has 20 heavy (non-hydrogen) atoms. The quantitative estimate of drug-likeness (QED) is 0.694. The highest BCUT2D eigenvalue weighted by Crippen LogP contribution is 2.33. The van der Waals surface area contributed by atoms with E-state index < -0.39 is 0 Å². The molecule has 4 nitrogen and oxygen atoms in total. The van der Waals surface area contributed by atoms with Crippen molar-refractivity contribution in [2.75, 3.05) is 5.32 Å². The van der Waals surface area contributed by atoms with Crippen LogP contribution in [0.5, 0.6) is 0 Å². The Morgan fingerprint density at radius 3 is 3.00 bits per heavy atom. The van der Waals surface area contributed by atoms with E-state index in [0.29, 0.717) is 17.7 Å². The highest BCUT2D eigenvalue weighted by atomic mass is 35.5. The highest BCUT2D eigenvalue weighted by molar-refractivity contribution is 6.32. The smallest absolute Gasteiger partial charge is 0.156 e. The molecule has 1 heterocycles. The van der Waals surface area contributed by atoms with Crippen LogP contribution >= 0.6 is 11.6 Å². The Bertz CT molecular complexity index is 645. The summed E-state index contributed by atoms with van der Waals surface area (Å²) in [6.45, 7) is 0. The molecule has 5 heteroatoms. The number of aryl methyl sites for hydroxylation is 1. The molecule has 1 unspecified atom stereocenters. The summed E-state index contributed by atoms with van der Waals surface area (Å²) in [4.78, 5) is 19.1. The van der Waals surface area contributed by atoms with Crippen LogP contribution in [0.4, 0.5) is 5.82 Å². The first kappa shape index (κ1) is 13.1. The second-order valence-electron chi connectivity index (χ2n) is 4.83. The number of rotatable bonds is 3. The van der Waals surface area contributed by atoms with E-state index >= 15 is 0 Å². The third kappa shape index (κ3) is 2.39. The summed E-state index contributed by atoms with van der Waals surface area (Å²) in [7, 11) is 0. The van der Waals surface area contributed by atoms with Crippen molar-refractivity contribution in [1.29, 1.82) is 0 Å². The van der Waals surface area contributed by atoms with Crippen LogP contribution in [0.15, 0.2) is 30.6 Å². The number of halogens is 1. The zero-order chi connectivity index (χ0) is 13.9. The lowest BCUT2D eigenvalue weighted by atomic mass is 9.88. The normalized spacial score (nSPS) is 17.4. The predicted octanol–water partition coefficient (Wildman–Crippen LogP) is 3.43. The zero-order valence-electron chi connectivity index (χ0n) is 10.8. The summed E-state index contributed by atoms with van der Waals surface area (Å²) in [6.07, 6.45) is 5.28. The van der Waals surface area contributed by atoms with Gasteiger partial charge in [0.15, 0.2) is 6.29 Å². The first-order chi connectivity index (χ1) is 9.79. The molecule has 0 bridgehead atoms. The molecule has 1 aromatic carbocycles. The summed E-state index contributed by atoms with van der Waals surface area (Å²) in [5.74, 6) is 0.502. The van der Waals surface area contributed by atoms with E-state index in [1.165, 1.54) is 17.5 Å². The van der Waals surface area contributed by atoms with Gasteiger partial charge in [-0.15, -0.1) is 0 Å². The summed E-state index contributed by atoms with van der Waals surface area (Å²) < 4.78 is 0. The Labute approximate surface area is 122 Å². The molecular formula is C15H14ClN3O. The molecule has 2 aromatic rings. The van der Waals surface area contributed by atoms with Gasteiger partial charge in [-0.05, 0) is 30.4 Å². The molecule has 3 rings (SSSR count). The third-order valence-electron chi connectivity index (χ3n) is 3.63. The van der Waals surface area contributed by atoms with Crippen LogP contribution in [-0.4, -0.2) is 16.3 Å². The second-order valence-corrected chi connectivity index (χ2v) is 5.19. The largest absolute Gasteiger partial charge is 0.363 e. The molecule has 0 fully saturated rings. The van der Waals surface area contributed by atoms with Crippen molar-refractivity contribution in [2.24, 2.45) is 0 Å². The number of carbonyl (C=O) groups excluding carboxylic acids is 1. The van der Waals surface area contributed by atoms with Crippen molar-refractivity contribution in [3.63, 3.8) is 0 Å². The Kier molecular flexibility index (Phi) is 3.65. The van der Waals surface area contributed by atoms with E-state index in [2.05, 4.69) is 33.5 Å². The van der Waals surface area contributed by atoms with Gasteiger partial charge in [0.2, 0.25) is 0 Å². The number of fused-ring (bicyclic) bond motifs is 1. The fourth-order valence-corrected chi connectivity index (χ4v) is 2.84. The van der Waals surface area contributed by atoms with Crippen molar-refractivity contribution < 1.29 is 4.79 Å². The Balaban J connectivity index is 1.93. The number of anilines is 1. The van der Waals surface area contributed by atoms with Gasteiger partial charge in [-0.3, -0.25) is 4.79 Å². The monoisotopic (exact) mass is 287 g/mol. The molecular weight excluding hydrogens is 274 g/mol. The van der Waals surface area contributed by atoms with Crippen molar-refractivity contribution in [3.05, 3.63) is 52.4 Å². The topological polar surface area (TPSA) is 54.9 Å². The molecule has 0 saturated carbocycles. The first-order valence-electron chi connectivity index (χ1n) is 6.59. The Morgan fingerprint density at radius 1 is 1.30 bits per heavy atom. The van der Waals surface area contributed by atoms with Crippen molar-refractivity contribution in [1.82, 2.24) is 9.97 Å². The third-order valence-corrected chi connectivity index (χ3v) is 3.93.